The molecule has 0 amide bonds. The van der Waals surface area contributed by atoms with Crippen molar-refractivity contribution in [1.82, 2.24) is 34.2 Å². The van der Waals surface area contributed by atoms with Crippen molar-refractivity contribution < 1.29 is 61.3 Å². The van der Waals surface area contributed by atoms with Crippen LogP contribution in [0.25, 0.3) is 11.2 Å². The van der Waals surface area contributed by atoms with Crippen molar-refractivity contribution in [3.63, 3.8) is 0 Å². The molecule has 0 bridgehead atoms. The fourth-order valence-corrected chi connectivity index (χ4v) is 7.26. The number of phosphoric ester groups is 1. The summed E-state index contributed by atoms with van der Waals surface area (Å²) in [6.45, 7) is -0.949. The molecule has 24 nitrogen and oxygen atoms in total. The number of hydrogen-bond donors (Lipinski definition) is 5. The first-order valence-electron chi connectivity index (χ1n) is 15.2. The number of nitrogen functional groups attached to an aromatic ring is 2. The molecule has 3 aromatic rings. The zero-order chi connectivity index (χ0) is 36.9. The molecule has 0 aliphatic carbocycles. The lowest BCUT2D eigenvalue weighted by molar-refractivity contribution is -0.343. The normalized spacial score (nSPS) is 26.6. The van der Waals surface area contributed by atoms with Crippen molar-refractivity contribution in [3.8, 4) is 0 Å². The van der Waals surface area contributed by atoms with Gasteiger partial charge in [-0.2, -0.15) is 9.97 Å². The van der Waals surface area contributed by atoms with E-state index in [4.69, 9.17) is 44.2 Å². The molecule has 2 saturated heterocycles. The minimum atomic E-state index is -5.55. The Morgan fingerprint density at radius 2 is 1.84 bits per heavy atom. The third-order valence-corrected chi connectivity index (χ3v) is 9.73. The van der Waals surface area contributed by atoms with Crippen molar-refractivity contribution in [2.75, 3.05) is 65.3 Å². The number of fused-ring (bicyclic) bond motifs is 1. The average Bonchev–Trinajstić information content (AvgIpc) is 3.75. The predicted molar refractivity (Wildman–Crippen MR) is 167 cm³/mol. The predicted octanol–water partition coefficient (Wildman–Crippen LogP) is -3.29. The Balaban J connectivity index is 1.39. The van der Waals surface area contributed by atoms with Crippen LogP contribution in [0, 0.1) is 0 Å². The summed E-state index contributed by atoms with van der Waals surface area (Å²) in [4.78, 5) is 61.8. The van der Waals surface area contributed by atoms with Crippen LogP contribution in [0.2, 0.25) is 0 Å². The van der Waals surface area contributed by atoms with Crippen LogP contribution in [0.15, 0.2) is 28.2 Å². The Bertz CT molecular complexity index is 1850. The fraction of sp³-hybridized carbons (Fsp3) is 0.640. The van der Waals surface area contributed by atoms with Crippen LogP contribution in [0.5, 0.6) is 0 Å². The molecule has 3 aromatic heterocycles. The van der Waals surface area contributed by atoms with Gasteiger partial charge < -0.3 is 59.1 Å². The Hall–Kier alpha value is -3.19. The van der Waals surface area contributed by atoms with Gasteiger partial charge in [0.05, 0.1) is 53.3 Å². The van der Waals surface area contributed by atoms with Crippen molar-refractivity contribution in [3.05, 3.63) is 39.4 Å². The standard InChI is InChI=1S/C25H39N9O15P2/c1-42-7-8-44-6-4-29-50(38,45-10-13-9-14(35)22(47-13)33-5-3-16(26)30-25(33)37)49-18-15(11-46-51(39,40)41)48-23(19(18)43-2)34-12-28-17-20(34)31-24(27)32-21(17)36/h3,5,12-15,18-19,22-23,35H,4,6-11H2,1-2H3,(H,29,38)(H2,26,30,37)(H2,39,40,41)(H3,27,31,32,36)/p-2/t13-,14+,15+,18+,19+,22+,23+,50-/m0/s1. The number of anilines is 2. The van der Waals surface area contributed by atoms with E-state index < -0.39 is 83.0 Å². The molecule has 5 rings (SSSR count). The SMILES string of the molecule is COCCOCCN[P@](=O)(OC[C@@H]1C[C@@H](O)[C@H](n2ccc(N)nc2=O)O1)O[C@H]1[C@@H](OC)[C@H](n2cnc3c(=O)[nH]c(N)nc32)O[C@@H]1COP(=O)([O-])[O-]. The number of phosphoric acid groups is 1. The van der Waals surface area contributed by atoms with Gasteiger partial charge in [-0.3, -0.25) is 28.0 Å². The van der Waals surface area contributed by atoms with Gasteiger partial charge in [-0.05, 0) is 6.07 Å². The maximum absolute atomic E-state index is 14.4. The number of hydrogen-bond acceptors (Lipinski definition) is 20. The number of aliphatic hydroxyl groups excluding tert-OH is 1. The topological polar surface area (TPSA) is 337 Å². The zero-order valence-corrected chi connectivity index (χ0v) is 29.0. The van der Waals surface area contributed by atoms with Gasteiger partial charge in [0.25, 0.3) is 5.56 Å². The van der Waals surface area contributed by atoms with Crippen LogP contribution in [0.1, 0.15) is 18.9 Å². The van der Waals surface area contributed by atoms with E-state index in [1.54, 1.807) is 0 Å². The number of aliphatic hydroxyl groups is 1. The van der Waals surface area contributed by atoms with E-state index in [1.807, 2.05) is 0 Å². The van der Waals surface area contributed by atoms with Crippen molar-refractivity contribution in [2.24, 2.45) is 0 Å². The van der Waals surface area contributed by atoms with Crippen LogP contribution < -0.4 is 37.6 Å². The van der Waals surface area contributed by atoms with E-state index in [9.17, 15) is 33.6 Å². The van der Waals surface area contributed by atoms with E-state index >= 15 is 0 Å². The largest absolute Gasteiger partial charge is 0.790 e. The molecule has 0 unspecified atom stereocenters. The van der Waals surface area contributed by atoms with Gasteiger partial charge in [-0.15, -0.1) is 0 Å². The molecule has 26 heteroatoms. The molecule has 0 spiro atoms. The number of rotatable bonds is 18. The Kier molecular flexibility index (Phi) is 12.7. The summed E-state index contributed by atoms with van der Waals surface area (Å²) < 4.78 is 72.2. The van der Waals surface area contributed by atoms with Crippen molar-refractivity contribution in [2.45, 2.75) is 49.4 Å². The van der Waals surface area contributed by atoms with Gasteiger partial charge in [0.2, 0.25) is 5.95 Å². The number of ether oxygens (including phenoxy) is 5. The van der Waals surface area contributed by atoms with Gasteiger partial charge in [-0.1, -0.05) is 0 Å². The molecular weight excluding hydrogens is 728 g/mol. The molecule has 51 heavy (non-hydrogen) atoms. The van der Waals surface area contributed by atoms with E-state index in [-0.39, 0.29) is 55.7 Å². The Morgan fingerprint density at radius 3 is 2.55 bits per heavy atom. The summed E-state index contributed by atoms with van der Waals surface area (Å²) in [5.74, 6) is -0.278. The Labute approximate surface area is 288 Å². The smallest absolute Gasteiger partial charge is 0.406 e. The zero-order valence-electron chi connectivity index (χ0n) is 27.2. The molecule has 0 radical (unpaired) electrons. The number of nitrogens with one attached hydrogen (secondary N) is 2. The van der Waals surface area contributed by atoms with Gasteiger partial charge in [0.15, 0.2) is 23.6 Å². The molecule has 0 aromatic carbocycles. The first-order chi connectivity index (χ1) is 24.2. The van der Waals surface area contributed by atoms with Gasteiger partial charge >= 0.3 is 13.4 Å². The van der Waals surface area contributed by atoms with Crippen LogP contribution in [0.3, 0.4) is 0 Å². The molecule has 2 fully saturated rings. The first kappa shape index (κ1) is 39.0. The summed E-state index contributed by atoms with van der Waals surface area (Å²) in [5.41, 5.74) is 9.68. The van der Waals surface area contributed by atoms with Gasteiger partial charge in [0.1, 0.15) is 30.2 Å². The lowest BCUT2D eigenvalue weighted by Gasteiger charge is -2.32. The lowest BCUT2D eigenvalue weighted by Crippen LogP contribution is -2.39. The summed E-state index contributed by atoms with van der Waals surface area (Å²) in [6, 6.07) is 1.35. The second-order valence-corrected chi connectivity index (χ2v) is 14.1. The van der Waals surface area contributed by atoms with Crippen LogP contribution in [-0.4, -0.2) is 118 Å². The number of imidazole rings is 1. The highest BCUT2D eigenvalue weighted by Gasteiger charge is 2.51. The number of aromatic amines is 1. The quantitative estimate of drug-likeness (QED) is 0.0625. The minimum Gasteiger partial charge on any atom is -0.790 e. The van der Waals surface area contributed by atoms with Crippen LogP contribution >= 0.6 is 15.6 Å². The molecule has 0 saturated carbocycles. The summed E-state index contributed by atoms with van der Waals surface area (Å²) >= 11 is 0. The number of nitrogens with two attached hydrogens (primary N) is 2. The highest BCUT2D eigenvalue weighted by Crippen LogP contribution is 2.50. The van der Waals surface area contributed by atoms with E-state index in [1.165, 1.54) is 37.4 Å². The van der Waals surface area contributed by atoms with Crippen molar-refractivity contribution >= 4 is 38.5 Å². The monoisotopic (exact) mass is 765 g/mol. The Morgan fingerprint density at radius 1 is 1.06 bits per heavy atom. The molecule has 5 heterocycles. The summed E-state index contributed by atoms with van der Waals surface area (Å²) in [5, 5.41) is 13.3. The third kappa shape index (κ3) is 9.63. The maximum atomic E-state index is 14.4. The van der Waals surface area contributed by atoms with E-state index in [0.717, 1.165) is 4.57 Å². The third-order valence-electron chi connectivity index (χ3n) is 7.65. The number of H-pyrrole nitrogens is 1. The van der Waals surface area contributed by atoms with E-state index in [2.05, 4.69) is 29.5 Å². The molecule has 2 aliphatic heterocycles. The summed E-state index contributed by atoms with van der Waals surface area (Å²) in [6.07, 6.45) is -6.33. The highest BCUT2D eigenvalue weighted by atomic mass is 31.2. The second kappa shape index (κ2) is 16.7. The molecular formula is C25H37N9O15P2-2. The van der Waals surface area contributed by atoms with Crippen molar-refractivity contribution in [1.29, 1.82) is 0 Å². The van der Waals surface area contributed by atoms with Gasteiger partial charge in [-0.25, -0.2) is 19.4 Å². The van der Waals surface area contributed by atoms with Gasteiger partial charge in [0, 0.05) is 33.4 Å². The first-order valence-corrected chi connectivity index (χ1v) is 18.2. The minimum absolute atomic E-state index is 0.0100. The second-order valence-electron chi connectivity index (χ2n) is 11.2. The number of aromatic nitrogens is 6. The van der Waals surface area contributed by atoms with Crippen LogP contribution in [0.4, 0.5) is 11.8 Å². The number of methoxy groups -OCH3 is 2. The lowest BCUT2D eigenvalue weighted by atomic mass is 10.1. The molecule has 2 aliphatic rings. The number of nitrogens with zero attached hydrogens (tertiary/aromatic N) is 5. The highest BCUT2D eigenvalue weighted by molar-refractivity contribution is 7.51. The molecule has 8 atom stereocenters. The van der Waals surface area contributed by atoms with E-state index in [0.29, 0.717) is 0 Å². The summed E-state index contributed by atoms with van der Waals surface area (Å²) in [7, 11) is -7.32. The maximum Gasteiger partial charge on any atom is 0.406 e. The average molecular weight is 766 g/mol. The molecule has 284 valence electrons. The molecule has 7 N–H and O–H groups in total. The van der Waals surface area contributed by atoms with Crippen LogP contribution in [-0.2, 0) is 46.4 Å². The fourth-order valence-electron chi connectivity index (χ4n) is 5.40.